The summed E-state index contributed by atoms with van der Waals surface area (Å²) in [5, 5.41) is 0. The van der Waals surface area contributed by atoms with Crippen molar-refractivity contribution in [1.82, 2.24) is 0 Å². The molecular formula is C16H23FN2. The highest BCUT2D eigenvalue weighted by Crippen LogP contribution is 2.38. The van der Waals surface area contributed by atoms with Crippen LogP contribution in [0.2, 0.25) is 0 Å². The number of rotatable bonds is 2. The quantitative estimate of drug-likeness (QED) is 0.884. The van der Waals surface area contributed by atoms with Crippen LogP contribution in [0.5, 0.6) is 0 Å². The zero-order valence-corrected chi connectivity index (χ0v) is 11.4. The Morgan fingerprint density at radius 1 is 1.11 bits per heavy atom. The van der Waals surface area contributed by atoms with Crippen molar-refractivity contribution in [2.24, 2.45) is 11.7 Å². The molecule has 19 heavy (non-hydrogen) atoms. The molecule has 2 nitrogen and oxygen atoms in total. The number of nitrogens with zero attached hydrogens (tertiary/aromatic N) is 1. The van der Waals surface area contributed by atoms with Gasteiger partial charge in [0.25, 0.3) is 0 Å². The lowest BCUT2D eigenvalue weighted by Crippen LogP contribution is -2.47. The summed E-state index contributed by atoms with van der Waals surface area (Å²) in [5.74, 6) is 0.656. The maximum Gasteiger partial charge on any atom is 0.125 e. The third-order valence-electron chi connectivity index (χ3n) is 4.75. The number of hydrogen-bond donors (Lipinski definition) is 1. The van der Waals surface area contributed by atoms with Gasteiger partial charge in [-0.3, -0.25) is 0 Å². The second-order valence-corrected chi connectivity index (χ2v) is 5.97. The molecule has 0 aromatic heterocycles. The van der Waals surface area contributed by atoms with Crippen LogP contribution in [0.3, 0.4) is 0 Å². The molecular weight excluding hydrogens is 239 g/mol. The average molecular weight is 262 g/mol. The van der Waals surface area contributed by atoms with E-state index in [1.54, 1.807) is 12.1 Å². The predicted molar refractivity (Wildman–Crippen MR) is 76.6 cm³/mol. The van der Waals surface area contributed by atoms with Gasteiger partial charge in [0.1, 0.15) is 5.82 Å². The minimum Gasteiger partial charge on any atom is -0.368 e. The van der Waals surface area contributed by atoms with Gasteiger partial charge in [-0.05, 0) is 55.4 Å². The van der Waals surface area contributed by atoms with Crippen molar-refractivity contribution in [2.75, 3.05) is 11.4 Å². The summed E-state index contributed by atoms with van der Waals surface area (Å²) in [7, 11) is 0. The molecule has 2 N–H and O–H groups in total. The first-order valence-corrected chi connectivity index (χ1v) is 7.54. The van der Waals surface area contributed by atoms with Crippen molar-refractivity contribution in [3.05, 3.63) is 29.6 Å². The maximum atomic E-state index is 13.7. The van der Waals surface area contributed by atoms with Crippen molar-refractivity contribution < 1.29 is 4.39 Å². The fourth-order valence-electron chi connectivity index (χ4n) is 3.86. The van der Waals surface area contributed by atoms with Gasteiger partial charge >= 0.3 is 0 Å². The fraction of sp³-hybridized carbons (Fsp3) is 0.625. The zero-order valence-electron chi connectivity index (χ0n) is 11.4. The van der Waals surface area contributed by atoms with Crippen molar-refractivity contribution in [2.45, 2.75) is 51.1 Å². The van der Waals surface area contributed by atoms with Crippen LogP contribution >= 0.6 is 0 Å². The van der Waals surface area contributed by atoms with Crippen molar-refractivity contribution in [3.63, 3.8) is 0 Å². The summed E-state index contributed by atoms with van der Waals surface area (Å²) in [5.41, 5.74) is 7.60. The number of anilines is 1. The zero-order chi connectivity index (χ0) is 13.2. The van der Waals surface area contributed by atoms with E-state index >= 15 is 0 Å². The first kappa shape index (κ1) is 12.9. The van der Waals surface area contributed by atoms with Gasteiger partial charge in [-0.25, -0.2) is 4.39 Å². The van der Waals surface area contributed by atoms with Crippen LogP contribution in [0.4, 0.5) is 10.1 Å². The molecule has 0 amide bonds. The fourth-order valence-corrected chi connectivity index (χ4v) is 3.86. The van der Waals surface area contributed by atoms with Crippen LogP contribution in [0.15, 0.2) is 18.2 Å². The van der Waals surface area contributed by atoms with Gasteiger partial charge < -0.3 is 10.6 Å². The highest BCUT2D eigenvalue weighted by atomic mass is 19.1. The van der Waals surface area contributed by atoms with E-state index in [0.717, 1.165) is 23.7 Å². The van der Waals surface area contributed by atoms with Crippen LogP contribution in [0.25, 0.3) is 0 Å². The third-order valence-corrected chi connectivity index (χ3v) is 4.75. The molecule has 2 atom stereocenters. The molecule has 0 bridgehead atoms. The normalized spacial score (nSPS) is 27.2. The number of benzene rings is 1. The van der Waals surface area contributed by atoms with Gasteiger partial charge in [0, 0.05) is 24.8 Å². The van der Waals surface area contributed by atoms with Crippen LogP contribution in [-0.2, 0) is 6.54 Å². The summed E-state index contributed by atoms with van der Waals surface area (Å²) < 4.78 is 13.7. The topological polar surface area (TPSA) is 29.3 Å². The monoisotopic (exact) mass is 262 g/mol. The minimum atomic E-state index is -0.157. The minimum absolute atomic E-state index is 0.157. The van der Waals surface area contributed by atoms with E-state index in [-0.39, 0.29) is 5.82 Å². The summed E-state index contributed by atoms with van der Waals surface area (Å²) in [6.07, 6.45) is 7.87. The summed E-state index contributed by atoms with van der Waals surface area (Å²) in [6.45, 7) is 1.47. The Morgan fingerprint density at radius 2 is 1.89 bits per heavy atom. The summed E-state index contributed by atoms with van der Waals surface area (Å²) in [4.78, 5) is 2.44. The second-order valence-electron chi connectivity index (χ2n) is 5.97. The van der Waals surface area contributed by atoms with Crippen molar-refractivity contribution >= 4 is 5.69 Å². The Kier molecular flexibility index (Phi) is 3.74. The number of halogens is 1. The number of nitrogens with two attached hydrogens (primary N) is 1. The SMILES string of the molecule is NCc1cc(F)cc(N2CCCC3CCCCC32)c1. The van der Waals surface area contributed by atoms with E-state index in [1.165, 1.54) is 38.5 Å². The number of hydrogen-bond acceptors (Lipinski definition) is 2. The summed E-state index contributed by atoms with van der Waals surface area (Å²) in [6, 6.07) is 5.91. The summed E-state index contributed by atoms with van der Waals surface area (Å²) >= 11 is 0. The molecule has 104 valence electrons. The smallest absolute Gasteiger partial charge is 0.125 e. The van der Waals surface area contributed by atoms with Crippen molar-refractivity contribution in [1.29, 1.82) is 0 Å². The Labute approximate surface area is 114 Å². The van der Waals surface area contributed by atoms with Gasteiger partial charge in [0.05, 0.1) is 0 Å². The lowest BCUT2D eigenvalue weighted by molar-refractivity contribution is 0.243. The molecule has 1 saturated carbocycles. The largest absolute Gasteiger partial charge is 0.368 e. The molecule has 2 unspecified atom stereocenters. The first-order valence-electron chi connectivity index (χ1n) is 7.54. The molecule has 3 heteroatoms. The van der Waals surface area contributed by atoms with E-state index < -0.39 is 0 Å². The van der Waals surface area contributed by atoms with E-state index in [9.17, 15) is 4.39 Å². The maximum absolute atomic E-state index is 13.7. The molecule has 1 aromatic rings. The molecule has 2 aliphatic rings. The number of piperidine rings is 1. The predicted octanol–water partition coefficient (Wildman–Crippen LogP) is 3.44. The molecule has 1 aliphatic carbocycles. The van der Waals surface area contributed by atoms with E-state index in [2.05, 4.69) is 11.0 Å². The molecule has 1 aliphatic heterocycles. The van der Waals surface area contributed by atoms with Gasteiger partial charge in [-0.15, -0.1) is 0 Å². The molecule has 0 spiro atoms. The van der Waals surface area contributed by atoms with Crippen LogP contribution in [0.1, 0.15) is 44.1 Å². The molecule has 3 rings (SSSR count). The van der Waals surface area contributed by atoms with E-state index in [1.807, 2.05) is 0 Å². The Morgan fingerprint density at radius 3 is 2.74 bits per heavy atom. The lowest BCUT2D eigenvalue weighted by Gasteiger charge is -2.45. The lowest BCUT2D eigenvalue weighted by atomic mass is 9.78. The number of fused-ring (bicyclic) bond motifs is 1. The highest BCUT2D eigenvalue weighted by molar-refractivity contribution is 5.50. The second kappa shape index (κ2) is 5.49. The first-order chi connectivity index (χ1) is 9.28. The highest BCUT2D eigenvalue weighted by Gasteiger charge is 2.33. The molecule has 0 radical (unpaired) electrons. The Bertz CT molecular complexity index is 444. The van der Waals surface area contributed by atoms with Gasteiger partial charge in [0.15, 0.2) is 0 Å². The van der Waals surface area contributed by atoms with Gasteiger partial charge in [-0.1, -0.05) is 12.8 Å². The van der Waals surface area contributed by atoms with Crippen molar-refractivity contribution in [3.8, 4) is 0 Å². The van der Waals surface area contributed by atoms with E-state index in [4.69, 9.17) is 5.73 Å². The molecule has 2 fully saturated rings. The Hall–Kier alpha value is -1.09. The Balaban J connectivity index is 1.89. The van der Waals surface area contributed by atoms with Gasteiger partial charge in [0.2, 0.25) is 0 Å². The van der Waals surface area contributed by atoms with E-state index in [0.29, 0.717) is 12.6 Å². The van der Waals surface area contributed by atoms with Gasteiger partial charge in [-0.2, -0.15) is 0 Å². The van der Waals surface area contributed by atoms with Crippen LogP contribution in [-0.4, -0.2) is 12.6 Å². The third kappa shape index (κ3) is 2.62. The van der Waals surface area contributed by atoms with Crippen LogP contribution < -0.4 is 10.6 Å². The standard InChI is InChI=1S/C16H23FN2/c17-14-8-12(11-18)9-15(10-14)19-7-3-5-13-4-1-2-6-16(13)19/h8-10,13,16H,1-7,11,18H2. The molecule has 1 heterocycles. The van der Waals surface area contributed by atoms with Crippen LogP contribution in [0, 0.1) is 11.7 Å². The molecule has 1 aromatic carbocycles. The average Bonchev–Trinajstić information content (AvgIpc) is 2.46. The molecule has 1 saturated heterocycles.